The van der Waals surface area contributed by atoms with E-state index in [2.05, 4.69) is 17.1 Å². The molecule has 2 fully saturated rings. The molecule has 6 heteroatoms. The molecule has 232 valence electrons. The van der Waals surface area contributed by atoms with Crippen LogP contribution in [-0.2, 0) is 19.9 Å². The van der Waals surface area contributed by atoms with Crippen LogP contribution in [0.25, 0.3) is 0 Å². The Kier molecular flexibility index (Phi) is 13.3. The van der Waals surface area contributed by atoms with Crippen LogP contribution in [0.1, 0.15) is 121 Å². The van der Waals surface area contributed by atoms with Crippen LogP contribution in [0.4, 0.5) is 0 Å². The zero-order valence-electron chi connectivity index (χ0n) is 25.9. The monoisotopic (exact) mass is 578 g/mol. The molecular formula is C36H54N2O4. The van der Waals surface area contributed by atoms with Crippen molar-refractivity contribution in [2.45, 2.75) is 127 Å². The van der Waals surface area contributed by atoms with E-state index < -0.39 is 17.6 Å². The molecule has 2 aliphatic heterocycles. The minimum atomic E-state index is -1.66. The molecule has 0 aromatic heterocycles. The van der Waals surface area contributed by atoms with Gasteiger partial charge in [-0.1, -0.05) is 145 Å². The molecule has 42 heavy (non-hydrogen) atoms. The maximum absolute atomic E-state index is 13.6. The van der Waals surface area contributed by atoms with Gasteiger partial charge in [-0.3, -0.25) is 9.69 Å². The van der Waals surface area contributed by atoms with Crippen LogP contribution in [0.2, 0.25) is 0 Å². The van der Waals surface area contributed by atoms with Crippen molar-refractivity contribution in [3.8, 4) is 0 Å². The highest BCUT2D eigenvalue weighted by atomic mass is 16.7. The van der Waals surface area contributed by atoms with E-state index >= 15 is 0 Å². The summed E-state index contributed by atoms with van der Waals surface area (Å²) in [5, 5.41) is 16.0. The van der Waals surface area contributed by atoms with Crippen LogP contribution in [0.5, 0.6) is 0 Å². The summed E-state index contributed by atoms with van der Waals surface area (Å²) in [6.45, 7) is 3.95. The summed E-state index contributed by atoms with van der Waals surface area (Å²) in [4.78, 5) is 15.8. The molecule has 2 aliphatic rings. The number of benzene rings is 2. The number of amides is 1. The van der Waals surface area contributed by atoms with Crippen molar-refractivity contribution >= 4 is 5.91 Å². The number of hydrogen-bond donors (Lipinski definition) is 2. The van der Waals surface area contributed by atoms with Crippen LogP contribution in [0.15, 0.2) is 60.7 Å². The summed E-state index contributed by atoms with van der Waals surface area (Å²) in [5.41, 5.74) is -1.84. The lowest BCUT2D eigenvalue weighted by molar-refractivity contribution is -0.194. The van der Waals surface area contributed by atoms with Gasteiger partial charge in [0.1, 0.15) is 0 Å². The number of carbonyl (C=O) groups excluding carboxylic acids is 1. The number of likely N-dealkylation sites (tertiary alicyclic amines) is 1. The van der Waals surface area contributed by atoms with Gasteiger partial charge in [-0.05, 0) is 30.4 Å². The van der Waals surface area contributed by atoms with Crippen molar-refractivity contribution in [2.75, 3.05) is 19.9 Å². The summed E-state index contributed by atoms with van der Waals surface area (Å²) >= 11 is 0. The van der Waals surface area contributed by atoms with E-state index in [1.54, 1.807) is 0 Å². The lowest BCUT2D eigenvalue weighted by Gasteiger charge is -2.48. The number of ether oxygens (including phenoxy) is 2. The standard InChI is InChI=1S/C36H54N2O4/c1-2-3-4-5-6-7-8-9-10-11-12-13-20-27-33(39)37-36(34(41-30-42-36)38-28-21-22-29-38)35(40,31-23-16-14-17-24-31)32-25-18-15-19-26-32/h14-19,23-26,34,40H,2-13,20-22,27-30H2,1H3,(H,37,39). The molecule has 4 rings (SSSR count). The average Bonchev–Trinajstić information content (AvgIpc) is 3.71. The lowest BCUT2D eigenvalue weighted by Crippen LogP contribution is -2.71. The topological polar surface area (TPSA) is 71.0 Å². The van der Waals surface area contributed by atoms with Crippen molar-refractivity contribution in [1.29, 1.82) is 0 Å². The Morgan fingerprint density at radius 3 is 1.79 bits per heavy atom. The van der Waals surface area contributed by atoms with Crippen molar-refractivity contribution in [1.82, 2.24) is 10.2 Å². The first-order valence-electron chi connectivity index (χ1n) is 16.8. The predicted octanol–water partition coefficient (Wildman–Crippen LogP) is 7.64. The molecule has 2 aromatic carbocycles. The number of hydrogen-bond acceptors (Lipinski definition) is 5. The third-order valence-corrected chi connectivity index (χ3v) is 9.09. The first kappa shape index (κ1) is 32.7. The summed E-state index contributed by atoms with van der Waals surface area (Å²) in [7, 11) is 0. The highest BCUT2D eigenvalue weighted by molar-refractivity contribution is 5.77. The fourth-order valence-corrected chi connectivity index (χ4v) is 6.72. The summed E-state index contributed by atoms with van der Waals surface area (Å²) in [5.74, 6) is -0.113. The maximum Gasteiger partial charge on any atom is 0.222 e. The van der Waals surface area contributed by atoms with E-state index in [4.69, 9.17) is 9.47 Å². The zero-order chi connectivity index (χ0) is 29.5. The van der Waals surface area contributed by atoms with Gasteiger partial charge in [-0.25, -0.2) is 0 Å². The third kappa shape index (κ3) is 8.22. The van der Waals surface area contributed by atoms with E-state index in [1.165, 1.54) is 64.2 Å². The lowest BCUT2D eigenvalue weighted by atomic mass is 9.76. The minimum absolute atomic E-state index is 0.00215. The number of nitrogens with zero attached hydrogens (tertiary/aromatic N) is 1. The Labute approximate surface area is 254 Å². The SMILES string of the molecule is CCCCCCCCCCCCCCCC(=O)NC1(C(O)(c2ccccc2)c2ccccc2)OCOC1N1CCCC1. The molecule has 0 spiro atoms. The van der Waals surface area contributed by atoms with E-state index in [0.717, 1.165) is 45.2 Å². The minimum Gasteiger partial charge on any atom is -0.375 e. The van der Waals surface area contributed by atoms with E-state index in [1.807, 2.05) is 60.7 Å². The number of nitrogens with one attached hydrogen (secondary N) is 1. The van der Waals surface area contributed by atoms with E-state index in [9.17, 15) is 9.90 Å². The van der Waals surface area contributed by atoms with Crippen molar-refractivity contribution < 1.29 is 19.4 Å². The molecule has 2 N–H and O–H groups in total. The van der Waals surface area contributed by atoms with Crippen molar-refractivity contribution in [2.24, 2.45) is 0 Å². The molecule has 2 unspecified atom stereocenters. The van der Waals surface area contributed by atoms with Crippen LogP contribution in [-0.4, -0.2) is 47.7 Å². The molecule has 2 saturated heterocycles. The average molecular weight is 579 g/mol. The summed E-state index contributed by atoms with van der Waals surface area (Å²) < 4.78 is 12.6. The maximum atomic E-state index is 13.6. The van der Waals surface area contributed by atoms with Gasteiger partial charge in [0.25, 0.3) is 0 Å². The van der Waals surface area contributed by atoms with Crippen LogP contribution >= 0.6 is 0 Å². The van der Waals surface area contributed by atoms with Gasteiger partial charge < -0.3 is 19.9 Å². The van der Waals surface area contributed by atoms with Gasteiger partial charge in [0.2, 0.25) is 11.6 Å². The Hall–Kier alpha value is -2.25. The van der Waals surface area contributed by atoms with Gasteiger partial charge in [0.15, 0.2) is 18.6 Å². The van der Waals surface area contributed by atoms with Crippen molar-refractivity contribution in [3.05, 3.63) is 71.8 Å². The first-order valence-corrected chi connectivity index (χ1v) is 16.8. The van der Waals surface area contributed by atoms with Crippen molar-refractivity contribution in [3.63, 3.8) is 0 Å². The Morgan fingerprint density at radius 2 is 1.29 bits per heavy atom. The Morgan fingerprint density at radius 1 is 0.810 bits per heavy atom. The van der Waals surface area contributed by atoms with E-state index in [0.29, 0.717) is 17.5 Å². The normalized spacial score (nSPS) is 21.1. The highest BCUT2D eigenvalue weighted by Crippen LogP contribution is 2.47. The molecule has 2 heterocycles. The smallest absolute Gasteiger partial charge is 0.222 e. The molecular weight excluding hydrogens is 524 g/mol. The third-order valence-electron chi connectivity index (χ3n) is 9.09. The van der Waals surface area contributed by atoms with Gasteiger partial charge in [-0.2, -0.15) is 0 Å². The summed E-state index contributed by atoms with van der Waals surface area (Å²) in [6.07, 6.45) is 18.3. The largest absolute Gasteiger partial charge is 0.375 e. The van der Waals surface area contributed by atoms with Gasteiger partial charge in [-0.15, -0.1) is 0 Å². The summed E-state index contributed by atoms with van der Waals surface area (Å²) in [6, 6.07) is 19.1. The fourth-order valence-electron chi connectivity index (χ4n) is 6.72. The molecule has 0 saturated carbocycles. The number of unbranched alkanes of at least 4 members (excludes halogenated alkanes) is 12. The number of carbonyl (C=O) groups is 1. The molecule has 0 bridgehead atoms. The molecule has 0 aliphatic carbocycles. The van der Waals surface area contributed by atoms with E-state index in [-0.39, 0.29) is 12.7 Å². The van der Waals surface area contributed by atoms with Gasteiger partial charge in [0, 0.05) is 19.5 Å². The van der Waals surface area contributed by atoms with Crippen LogP contribution in [0.3, 0.4) is 0 Å². The first-order chi connectivity index (χ1) is 20.6. The zero-order valence-corrected chi connectivity index (χ0v) is 25.9. The quantitative estimate of drug-likeness (QED) is 0.168. The Bertz CT molecular complexity index is 988. The number of rotatable bonds is 19. The second kappa shape index (κ2) is 17.1. The molecule has 6 nitrogen and oxygen atoms in total. The Balaban J connectivity index is 1.37. The molecule has 1 amide bonds. The second-order valence-corrected chi connectivity index (χ2v) is 12.2. The van der Waals surface area contributed by atoms with Gasteiger partial charge in [0.05, 0.1) is 0 Å². The van der Waals surface area contributed by atoms with Gasteiger partial charge >= 0.3 is 0 Å². The highest BCUT2D eigenvalue weighted by Gasteiger charge is 2.64. The molecule has 2 atom stereocenters. The number of aliphatic hydroxyl groups is 1. The predicted molar refractivity (Wildman–Crippen MR) is 169 cm³/mol. The molecule has 2 aromatic rings. The van der Waals surface area contributed by atoms with Crippen LogP contribution in [0, 0.1) is 0 Å². The van der Waals surface area contributed by atoms with Crippen LogP contribution < -0.4 is 5.32 Å². The second-order valence-electron chi connectivity index (χ2n) is 12.2. The fraction of sp³-hybridized carbons (Fsp3) is 0.639. The molecule has 0 radical (unpaired) electrons.